The first-order valence-corrected chi connectivity index (χ1v) is 8.75. The van der Waals surface area contributed by atoms with Crippen LogP contribution in [0.2, 0.25) is 0 Å². The van der Waals surface area contributed by atoms with E-state index in [4.69, 9.17) is 9.47 Å². The fraction of sp³-hybridized carbons (Fsp3) is 0.263. The number of pyridine rings is 1. The highest BCUT2D eigenvalue weighted by molar-refractivity contribution is 6.04. The number of nitrogens with zero attached hydrogens (tertiary/aromatic N) is 4. The summed E-state index contributed by atoms with van der Waals surface area (Å²) in [5, 5.41) is 6.90. The van der Waals surface area contributed by atoms with Crippen LogP contribution in [0.3, 0.4) is 0 Å². The Morgan fingerprint density at radius 1 is 1.33 bits per heavy atom. The van der Waals surface area contributed by atoms with Crippen LogP contribution in [0, 0.1) is 0 Å². The Balaban J connectivity index is 1.42. The lowest BCUT2D eigenvalue weighted by atomic mass is 10.2. The first-order chi connectivity index (χ1) is 13.3. The first kappa shape index (κ1) is 17.2. The fourth-order valence-electron chi connectivity index (χ4n) is 2.84. The molecular weight excluding hydrogens is 346 g/mol. The molecule has 0 aliphatic carbocycles. The summed E-state index contributed by atoms with van der Waals surface area (Å²) in [6.45, 7) is 1.32. The molecule has 1 fully saturated rings. The Kier molecular flexibility index (Phi) is 5.06. The molecule has 0 spiro atoms. The Morgan fingerprint density at radius 3 is 3.11 bits per heavy atom. The molecule has 3 aromatic rings. The monoisotopic (exact) mass is 365 g/mol. The van der Waals surface area contributed by atoms with Gasteiger partial charge < -0.3 is 14.8 Å². The van der Waals surface area contributed by atoms with Crippen LogP contribution in [0.1, 0.15) is 23.2 Å². The average Bonchev–Trinajstić information content (AvgIpc) is 3.41. The van der Waals surface area contributed by atoms with Gasteiger partial charge in [0.25, 0.3) is 5.91 Å². The third-order valence-corrected chi connectivity index (χ3v) is 4.21. The van der Waals surface area contributed by atoms with E-state index in [1.807, 2.05) is 18.2 Å². The lowest BCUT2D eigenvalue weighted by Gasteiger charge is -2.12. The molecule has 1 aromatic carbocycles. The number of nitrogens with one attached hydrogen (secondary N) is 1. The van der Waals surface area contributed by atoms with E-state index in [9.17, 15) is 4.79 Å². The molecular formula is C19H19N5O3. The molecule has 2 aromatic heterocycles. The number of hydrogen-bond acceptors (Lipinski definition) is 6. The summed E-state index contributed by atoms with van der Waals surface area (Å²) in [5.41, 5.74) is 1.13. The van der Waals surface area contributed by atoms with Crippen molar-refractivity contribution in [3.05, 3.63) is 60.8 Å². The summed E-state index contributed by atoms with van der Waals surface area (Å²) in [5.74, 6) is 0.977. The number of benzene rings is 1. The van der Waals surface area contributed by atoms with Crippen molar-refractivity contribution >= 4 is 11.6 Å². The van der Waals surface area contributed by atoms with Gasteiger partial charge in [-0.3, -0.25) is 4.79 Å². The van der Waals surface area contributed by atoms with E-state index in [-0.39, 0.29) is 12.0 Å². The van der Waals surface area contributed by atoms with Crippen LogP contribution in [0.5, 0.6) is 5.75 Å². The second kappa shape index (κ2) is 7.96. The van der Waals surface area contributed by atoms with E-state index in [1.165, 1.54) is 17.3 Å². The summed E-state index contributed by atoms with van der Waals surface area (Å²) in [7, 11) is 0. The van der Waals surface area contributed by atoms with Crippen LogP contribution in [0.4, 0.5) is 5.69 Å². The Hall–Kier alpha value is -3.26. The van der Waals surface area contributed by atoms with Crippen molar-refractivity contribution in [3.8, 4) is 11.6 Å². The molecule has 0 saturated carbocycles. The summed E-state index contributed by atoms with van der Waals surface area (Å²) < 4.78 is 12.8. The summed E-state index contributed by atoms with van der Waals surface area (Å²) in [6.07, 6.45) is 6.75. The minimum Gasteiger partial charge on any atom is -0.491 e. The molecule has 8 nitrogen and oxygen atoms in total. The molecule has 27 heavy (non-hydrogen) atoms. The van der Waals surface area contributed by atoms with Gasteiger partial charge in [-0.15, -0.1) is 0 Å². The smallest absolute Gasteiger partial charge is 0.255 e. The maximum Gasteiger partial charge on any atom is 0.255 e. The number of aromatic nitrogens is 4. The minimum absolute atomic E-state index is 0.148. The van der Waals surface area contributed by atoms with E-state index in [0.717, 1.165) is 19.4 Å². The van der Waals surface area contributed by atoms with Crippen LogP contribution in [0.15, 0.2) is 55.2 Å². The molecule has 0 radical (unpaired) electrons. The molecule has 1 aliphatic rings. The van der Waals surface area contributed by atoms with Gasteiger partial charge in [0.1, 0.15) is 25.0 Å². The van der Waals surface area contributed by atoms with Crippen LogP contribution in [-0.2, 0) is 4.74 Å². The normalized spacial score (nSPS) is 16.2. The zero-order chi connectivity index (χ0) is 18.5. The lowest BCUT2D eigenvalue weighted by Crippen LogP contribution is -2.16. The number of carbonyl (C=O) groups is 1. The van der Waals surface area contributed by atoms with Gasteiger partial charge >= 0.3 is 0 Å². The highest BCUT2D eigenvalue weighted by Crippen LogP contribution is 2.20. The summed E-state index contributed by atoms with van der Waals surface area (Å²) in [6, 6.07) is 10.6. The van der Waals surface area contributed by atoms with Crippen molar-refractivity contribution in [2.75, 3.05) is 18.5 Å². The van der Waals surface area contributed by atoms with Crippen molar-refractivity contribution in [1.29, 1.82) is 0 Å². The quantitative estimate of drug-likeness (QED) is 0.722. The maximum atomic E-state index is 12.6. The number of rotatable bonds is 6. The Labute approximate surface area is 156 Å². The Bertz CT molecular complexity index is 907. The lowest BCUT2D eigenvalue weighted by molar-refractivity contribution is 0.0680. The number of anilines is 1. The molecule has 138 valence electrons. The van der Waals surface area contributed by atoms with Crippen LogP contribution >= 0.6 is 0 Å². The molecule has 8 heteroatoms. The SMILES string of the molecule is O=C(Nc1cccc(OCC2CCCO2)c1)c1ccnc(-n2cncn2)c1. The van der Waals surface area contributed by atoms with Crippen LogP contribution < -0.4 is 10.1 Å². The van der Waals surface area contributed by atoms with Crippen LogP contribution in [0.25, 0.3) is 5.82 Å². The van der Waals surface area contributed by atoms with Crippen molar-refractivity contribution in [2.45, 2.75) is 18.9 Å². The molecule has 1 amide bonds. The molecule has 0 bridgehead atoms. The van der Waals surface area contributed by atoms with Gasteiger partial charge in [0, 0.05) is 30.1 Å². The average molecular weight is 365 g/mol. The summed E-state index contributed by atoms with van der Waals surface area (Å²) in [4.78, 5) is 20.7. The van der Waals surface area contributed by atoms with Gasteiger partial charge in [-0.1, -0.05) is 6.07 Å². The maximum absolute atomic E-state index is 12.6. The largest absolute Gasteiger partial charge is 0.491 e. The first-order valence-electron chi connectivity index (χ1n) is 8.75. The number of amides is 1. The van der Waals surface area contributed by atoms with Crippen molar-refractivity contribution < 1.29 is 14.3 Å². The Morgan fingerprint density at radius 2 is 2.30 bits per heavy atom. The van der Waals surface area contributed by atoms with E-state index in [1.54, 1.807) is 24.4 Å². The topological polar surface area (TPSA) is 91.2 Å². The van der Waals surface area contributed by atoms with E-state index >= 15 is 0 Å². The number of carbonyl (C=O) groups excluding carboxylic acids is 1. The van der Waals surface area contributed by atoms with Crippen molar-refractivity contribution in [2.24, 2.45) is 0 Å². The molecule has 1 unspecified atom stereocenters. The second-order valence-electron chi connectivity index (χ2n) is 6.17. The molecule has 1 N–H and O–H groups in total. The summed E-state index contributed by atoms with van der Waals surface area (Å²) >= 11 is 0. The van der Waals surface area contributed by atoms with Gasteiger partial charge in [-0.05, 0) is 37.1 Å². The molecule has 1 saturated heterocycles. The van der Waals surface area contributed by atoms with E-state index in [2.05, 4.69) is 20.4 Å². The van der Waals surface area contributed by atoms with Crippen LogP contribution in [-0.4, -0.2) is 45.0 Å². The van der Waals surface area contributed by atoms with E-state index in [0.29, 0.717) is 29.4 Å². The van der Waals surface area contributed by atoms with E-state index < -0.39 is 0 Å². The fourth-order valence-corrected chi connectivity index (χ4v) is 2.84. The molecule has 4 rings (SSSR count). The van der Waals surface area contributed by atoms with Gasteiger partial charge in [-0.25, -0.2) is 14.6 Å². The molecule has 1 atom stereocenters. The zero-order valence-corrected chi connectivity index (χ0v) is 14.6. The van der Waals surface area contributed by atoms with Crippen molar-refractivity contribution in [3.63, 3.8) is 0 Å². The predicted molar refractivity (Wildman–Crippen MR) is 98.0 cm³/mol. The number of ether oxygens (including phenoxy) is 2. The third-order valence-electron chi connectivity index (χ3n) is 4.21. The molecule has 3 heterocycles. The third kappa shape index (κ3) is 4.29. The van der Waals surface area contributed by atoms with Gasteiger partial charge in [0.15, 0.2) is 5.82 Å². The highest BCUT2D eigenvalue weighted by Gasteiger charge is 2.16. The zero-order valence-electron chi connectivity index (χ0n) is 14.6. The second-order valence-corrected chi connectivity index (χ2v) is 6.17. The minimum atomic E-state index is -0.241. The van der Waals surface area contributed by atoms with Crippen molar-refractivity contribution in [1.82, 2.24) is 19.7 Å². The molecule has 1 aliphatic heterocycles. The van der Waals surface area contributed by atoms with Gasteiger partial charge in [-0.2, -0.15) is 5.10 Å². The number of hydrogen-bond donors (Lipinski definition) is 1. The van der Waals surface area contributed by atoms with Gasteiger partial charge in [0.2, 0.25) is 0 Å². The standard InChI is InChI=1S/C19H19N5O3/c25-19(14-6-7-21-18(9-14)24-13-20-12-22-24)23-15-3-1-4-16(10-15)27-11-17-5-2-8-26-17/h1,3-4,6-7,9-10,12-13,17H,2,5,8,11H2,(H,23,25). The van der Waals surface area contributed by atoms with Gasteiger partial charge in [0.05, 0.1) is 6.10 Å². The predicted octanol–water partition coefficient (Wildman–Crippen LogP) is 2.47. The highest BCUT2D eigenvalue weighted by atomic mass is 16.5.